The van der Waals surface area contributed by atoms with Gasteiger partial charge in [0.2, 0.25) is 5.91 Å². The summed E-state index contributed by atoms with van der Waals surface area (Å²) in [6.07, 6.45) is 0. The monoisotopic (exact) mass is 309 g/mol. The molecule has 0 aromatic heterocycles. The molecule has 0 aliphatic carbocycles. The summed E-state index contributed by atoms with van der Waals surface area (Å²) in [7, 11) is 0. The van der Waals surface area contributed by atoms with Crippen molar-refractivity contribution < 1.29 is 4.79 Å². The van der Waals surface area contributed by atoms with Gasteiger partial charge in [0.25, 0.3) is 0 Å². The number of anilines is 1. The van der Waals surface area contributed by atoms with Gasteiger partial charge in [-0.25, -0.2) is 5.43 Å². The van der Waals surface area contributed by atoms with Crippen molar-refractivity contribution in [1.82, 2.24) is 10.9 Å². The van der Waals surface area contributed by atoms with Crippen molar-refractivity contribution in [1.29, 1.82) is 0 Å². The fourth-order valence-corrected chi connectivity index (χ4v) is 2.90. The van der Waals surface area contributed by atoms with E-state index >= 15 is 0 Å². The third kappa shape index (κ3) is 3.60. The molecule has 1 saturated heterocycles. The predicted molar refractivity (Wildman–Crippen MR) is 93.0 cm³/mol. The number of carbonyl (C=O) groups is 1. The van der Waals surface area contributed by atoms with E-state index in [4.69, 9.17) is 0 Å². The van der Waals surface area contributed by atoms with Gasteiger partial charge in [-0.15, -0.1) is 0 Å². The molecule has 1 aliphatic heterocycles. The molecule has 120 valence electrons. The quantitative estimate of drug-likeness (QED) is 0.813. The molecular weight excluding hydrogens is 286 g/mol. The number of rotatable bonds is 4. The van der Waals surface area contributed by atoms with Gasteiger partial charge in [-0.05, 0) is 29.2 Å². The fourth-order valence-electron chi connectivity index (χ4n) is 2.90. The van der Waals surface area contributed by atoms with Gasteiger partial charge in [-0.2, -0.15) is 0 Å². The molecule has 3 rings (SSSR count). The van der Waals surface area contributed by atoms with Crippen LogP contribution in [0.25, 0.3) is 0 Å². The predicted octanol–water partition coefficient (Wildman–Crippen LogP) is 3.21. The number of hydrazine groups is 1. The van der Waals surface area contributed by atoms with E-state index in [0.29, 0.717) is 12.5 Å². The van der Waals surface area contributed by atoms with Crippen LogP contribution >= 0.6 is 0 Å². The Kier molecular flexibility index (Phi) is 4.74. The van der Waals surface area contributed by atoms with Crippen LogP contribution in [0.15, 0.2) is 54.6 Å². The summed E-state index contributed by atoms with van der Waals surface area (Å²) in [5.74, 6) is 0.390. The second-order valence-electron chi connectivity index (χ2n) is 6.29. The smallest absolute Gasteiger partial charge is 0.230 e. The van der Waals surface area contributed by atoms with Crippen molar-refractivity contribution in [3.8, 4) is 0 Å². The van der Waals surface area contributed by atoms with Crippen LogP contribution in [0.4, 0.5) is 5.69 Å². The van der Waals surface area contributed by atoms with Crippen molar-refractivity contribution in [2.75, 3.05) is 11.9 Å². The largest absolute Gasteiger partial charge is 0.326 e. The molecule has 2 unspecified atom stereocenters. The second kappa shape index (κ2) is 6.94. The van der Waals surface area contributed by atoms with Crippen LogP contribution in [-0.2, 0) is 4.79 Å². The first-order chi connectivity index (χ1) is 11.1. The Morgan fingerprint density at radius 1 is 1.09 bits per heavy atom. The van der Waals surface area contributed by atoms with Gasteiger partial charge in [0.05, 0.1) is 12.0 Å². The first-order valence-corrected chi connectivity index (χ1v) is 8.09. The van der Waals surface area contributed by atoms with E-state index in [-0.39, 0.29) is 17.9 Å². The zero-order valence-electron chi connectivity index (χ0n) is 13.5. The van der Waals surface area contributed by atoms with Crippen molar-refractivity contribution in [3.63, 3.8) is 0 Å². The summed E-state index contributed by atoms with van der Waals surface area (Å²) in [4.78, 5) is 12.6. The zero-order valence-corrected chi connectivity index (χ0v) is 13.5. The average molecular weight is 309 g/mol. The molecular formula is C19H23N3O. The first-order valence-electron chi connectivity index (χ1n) is 8.09. The highest BCUT2D eigenvalue weighted by Gasteiger charge is 2.33. The van der Waals surface area contributed by atoms with Crippen LogP contribution in [0.1, 0.15) is 36.9 Å². The van der Waals surface area contributed by atoms with Crippen LogP contribution < -0.4 is 16.2 Å². The highest BCUT2D eigenvalue weighted by molar-refractivity contribution is 5.93. The molecule has 3 N–H and O–H groups in total. The van der Waals surface area contributed by atoms with Gasteiger partial charge in [0, 0.05) is 12.2 Å². The molecule has 0 saturated carbocycles. The minimum atomic E-state index is -0.137. The molecule has 2 aromatic rings. The molecule has 1 amide bonds. The van der Waals surface area contributed by atoms with Gasteiger partial charge >= 0.3 is 0 Å². The number of benzene rings is 2. The minimum Gasteiger partial charge on any atom is -0.326 e. The average Bonchev–Trinajstić information content (AvgIpc) is 3.06. The van der Waals surface area contributed by atoms with E-state index < -0.39 is 0 Å². The molecule has 0 radical (unpaired) electrons. The lowest BCUT2D eigenvalue weighted by Gasteiger charge is -2.18. The number of hydrogen-bond acceptors (Lipinski definition) is 3. The van der Waals surface area contributed by atoms with E-state index in [0.717, 1.165) is 11.3 Å². The number of nitrogens with one attached hydrogen (secondary N) is 3. The highest BCUT2D eigenvalue weighted by Crippen LogP contribution is 2.26. The Bertz CT molecular complexity index is 652. The van der Waals surface area contributed by atoms with Crippen molar-refractivity contribution in [3.05, 3.63) is 65.7 Å². The van der Waals surface area contributed by atoms with Crippen LogP contribution in [0, 0.1) is 5.92 Å². The third-order valence-corrected chi connectivity index (χ3v) is 4.32. The molecule has 0 spiro atoms. The van der Waals surface area contributed by atoms with Crippen LogP contribution in [0.5, 0.6) is 0 Å². The Hall–Kier alpha value is -2.17. The van der Waals surface area contributed by atoms with Gasteiger partial charge in [-0.1, -0.05) is 56.3 Å². The fraction of sp³-hybridized carbons (Fsp3) is 0.316. The zero-order chi connectivity index (χ0) is 16.2. The Balaban J connectivity index is 1.70. The molecule has 0 bridgehead atoms. The molecule has 1 heterocycles. The summed E-state index contributed by atoms with van der Waals surface area (Å²) in [6, 6.07) is 18.1. The third-order valence-electron chi connectivity index (χ3n) is 4.32. The number of hydrogen-bond donors (Lipinski definition) is 3. The number of carbonyl (C=O) groups excluding carboxylic acids is 1. The van der Waals surface area contributed by atoms with Gasteiger partial charge < -0.3 is 5.32 Å². The van der Waals surface area contributed by atoms with E-state index in [1.165, 1.54) is 5.56 Å². The maximum atomic E-state index is 12.6. The van der Waals surface area contributed by atoms with Crippen molar-refractivity contribution in [2.45, 2.75) is 25.8 Å². The van der Waals surface area contributed by atoms with Crippen LogP contribution in [0.2, 0.25) is 0 Å². The Morgan fingerprint density at radius 2 is 1.78 bits per heavy atom. The summed E-state index contributed by atoms with van der Waals surface area (Å²) >= 11 is 0. The maximum absolute atomic E-state index is 12.6. The summed E-state index contributed by atoms with van der Waals surface area (Å²) in [6.45, 7) is 4.94. The normalized spacial score (nSPS) is 20.7. The van der Waals surface area contributed by atoms with E-state index in [2.05, 4.69) is 42.1 Å². The van der Waals surface area contributed by atoms with Gasteiger partial charge in [0.15, 0.2) is 0 Å². The maximum Gasteiger partial charge on any atom is 0.230 e. The molecule has 4 heteroatoms. The molecule has 23 heavy (non-hydrogen) atoms. The van der Waals surface area contributed by atoms with Crippen LogP contribution in [0.3, 0.4) is 0 Å². The molecule has 1 aliphatic rings. The lowest BCUT2D eigenvalue weighted by molar-refractivity contribution is -0.119. The summed E-state index contributed by atoms with van der Waals surface area (Å²) in [5, 5.41) is 3.03. The van der Waals surface area contributed by atoms with E-state index in [1.54, 1.807) is 0 Å². The highest BCUT2D eigenvalue weighted by atomic mass is 16.2. The van der Waals surface area contributed by atoms with Crippen LogP contribution in [-0.4, -0.2) is 12.5 Å². The molecule has 4 nitrogen and oxygen atoms in total. The number of amides is 1. The van der Waals surface area contributed by atoms with E-state index in [9.17, 15) is 4.79 Å². The summed E-state index contributed by atoms with van der Waals surface area (Å²) in [5.41, 5.74) is 9.54. The molecule has 2 atom stereocenters. The lowest BCUT2D eigenvalue weighted by atomic mass is 9.94. The lowest BCUT2D eigenvalue weighted by Crippen LogP contribution is -2.29. The second-order valence-corrected chi connectivity index (χ2v) is 6.29. The molecule has 2 aromatic carbocycles. The topological polar surface area (TPSA) is 53.2 Å². The van der Waals surface area contributed by atoms with Crippen molar-refractivity contribution >= 4 is 11.6 Å². The van der Waals surface area contributed by atoms with Gasteiger partial charge in [0.1, 0.15) is 0 Å². The SMILES string of the molecule is CC(C)c1ccc(NC(=O)C2CNNC2c2ccccc2)cc1. The standard InChI is InChI=1S/C19H23N3O/c1-13(2)14-8-10-16(11-9-14)21-19(23)17-12-20-22-18(17)15-6-4-3-5-7-15/h3-11,13,17-18,20,22H,12H2,1-2H3,(H,21,23). The minimum absolute atomic E-state index is 0.00821. The first kappa shape index (κ1) is 15.7. The Labute approximate surface area is 137 Å². The van der Waals surface area contributed by atoms with E-state index in [1.807, 2.05) is 42.5 Å². The molecule has 1 fully saturated rings. The Morgan fingerprint density at radius 3 is 2.43 bits per heavy atom. The summed E-state index contributed by atoms with van der Waals surface area (Å²) < 4.78 is 0. The van der Waals surface area contributed by atoms with Gasteiger partial charge in [-0.3, -0.25) is 10.2 Å². The van der Waals surface area contributed by atoms with Crippen molar-refractivity contribution in [2.24, 2.45) is 5.92 Å².